The van der Waals surface area contributed by atoms with Crippen molar-refractivity contribution >= 4 is 11.6 Å². The molecule has 2 rings (SSSR count). The van der Waals surface area contributed by atoms with Gasteiger partial charge in [-0.1, -0.05) is 24.6 Å². The van der Waals surface area contributed by atoms with Gasteiger partial charge in [-0.2, -0.15) is 0 Å². The Morgan fingerprint density at radius 1 is 1.37 bits per heavy atom. The van der Waals surface area contributed by atoms with Crippen molar-refractivity contribution in [3.8, 4) is 0 Å². The third-order valence-corrected chi connectivity index (χ3v) is 4.12. The van der Waals surface area contributed by atoms with Gasteiger partial charge < -0.3 is 10.1 Å². The van der Waals surface area contributed by atoms with E-state index in [1.54, 1.807) is 12.1 Å². The molecule has 0 unspecified atom stereocenters. The third kappa shape index (κ3) is 3.91. The maximum Gasteiger partial charge on any atom is 0.127 e. The van der Waals surface area contributed by atoms with Crippen molar-refractivity contribution in [3.05, 3.63) is 34.6 Å². The van der Waals surface area contributed by atoms with E-state index in [0.717, 1.165) is 51.1 Å². The number of benzene rings is 1. The molecule has 1 aliphatic heterocycles. The molecule has 0 amide bonds. The Balaban J connectivity index is 2.14. The summed E-state index contributed by atoms with van der Waals surface area (Å²) in [5.74, 6) is -0.199. The van der Waals surface area contributed by atoms with Crippen LogP contribution in [-0.2, 0) is 11.2 Å². The smallest absolute Gasteiger partial charge is 0.127 e. The molecule has 0 spiro atoms. The summed E-state index contributed by atoms with van der Waals surface area (Å²) >= 11 is 5.81. The van der Waals surface area contributed by atoms with Crippen LogP contribution in [0.4, 0.5) is 4.39 Å². The standard InChI is InChI=1S/C15H21ClFNO/c1-2-18-11-15(5-7-19-8-6-15)10-12-3-4-13(16)9-14(12)17/h3-4,9,18H,2,5-8,10-11H2,1H3. The van der Waals surface area contributed by atoms with E-state index in [9.17, 15) is 4.39 Å². The SMILES string of the molecule is CCNCC1(Cc2ccc(Cl)cc2F)CCOCC1. The summed E-state index contributed by atoms with van der Waals surface area (Å²) in [7, 11) is 0. The number of rotatable bonds is 5. The molecular formula is C15H21ClFNO. The fourth-order valence-corrected chi connectivity index (χ4v) is 2.84. The lowest BCUT2D eigenvalue weighted by atomic mass is 9.75. The highest BCUT2D eigenvalue weighted by Gasteiger charge is 2.33. The van der Waals surface area contributed by atoms with Crippen LogP contribution < -0.4 is 5.32 Å². The first-order chi connectivity index (χ1) is 9.15. The molecule has 1 aromatic carbocycles. The summed E-state index contributed by atoms with van der Waals surface area (Å²) in [5.41, 5.74) is 0.854. The Morgan fingerprint density at radius 2 is 2.11 bits per heavy atom. The van der Waals surface area contributed by atoms with Crippen molar-refractivity contribution in [2.45, 2.75) is 26.2 Å². The fourth-order valence-electron chi connectivity index (χ4n) is 2.68. The van der Waals surface area contributed by atoms with Crippen LogP contribution in [-0.4, -0.2) is 26.3 Å². The van der Waals surface area contributed by atoms with Crippen LogP contribution in [0.5, 0.6) is 0 Å². The summed E-state index contributed by atoms with van der Waals surface area (Å²) in [4.78, 5) is 0. The van der Waals surface area contributed by atoms with Gasteiger partial charge in [0.1, 0.15) is 5.82 Å². The summed E-state index contributed by atoms with van der Waals surface area (Å²) in [6.45, 7) is 5.47. The summed E-state index contributed by atoms with van der Waals surface area (Å²) < 4.78 is 19.4. The van der Waals surface area contributed by atoms with E-state index in [1.165, 1.54) is 6.07 Å². The molecule has 2 nitrogen and oxygen atoms in total. The summed E-state index contributed by atoms with van der Waals surface area (Å²) in [5, 5.41) is 3.86. The second-order valence-electron chi connectivity index (χ2n) is 5.31. The molecule has 1 saturated heterocycles. The van der Waals surface area contributed by atoms with Crippen LogP contribution in [0.3, 0.4) is 0 Å². The lowest BCUT2D eigenvalue weighted by Gasteiger charge is -2.37. The second-order valence-corrected chi connectivity index (χ2v) is 5.74. The fraction of sp³-hybridized carbons (Fsp3) is 0.600. The summed E-state index contributed by atoms with van der Waals surface area (Å²) in [6, 6.07) is 4.97. The number of halogens is 2. The van der Waals surface area contributed by atoms with Gasteiger partial charge >= 0.3 is 0 Å². The predicted molar refractivity (Wildman–Crippen MR) is 76.1 cm³/mol. The van der Waals surface area contributed by atoms with E-state index >= 15 is 0 Å². The molecule has 1 fully saturated rings. The molecule has 0 atom stereocenters. The van der Waals surface area contributed by atoms with Crippen molar-refractivity contribution in [1.82, 2.24) is 5.32 Å². The van der Waals surface area contributed by atoms with Crippen LogP contribution in [0, 0.1) is 11.2 Å². The van der Waals surface area contributed by atoms with E-state index < -0.39 is 0 Å². The van der Waals surface area contributed by atoms with Gasteiger partial charge in [0.2, 0.25) is 0 Å². The molecule has 4 heteroatoms. The maximum atomic E-state index is 14.0. The van der Waals surface area contributed by atoms with E-state index in [2.05, 4.69) is 12.2 Å². The topological polar surface area (TPSA) is 21.3 Å². The van der Waals surface area contributed by atoms with E-state index in [4.69, 9.17) is 16.3 Å². The van der Waals surface area contributed by atoms with Crippen molar-refractivity contribution in [3.63, 3.8) is 0 Å². The Bertz CT molecular complexity index is 419. The highest BCUT2D eigenvalue weighted by molar-refractivity contribution is 6.30. The molecule has 19 heavy (non-hydrogen) atoms. The van der Waals surface area contributed by atoms with Crippen molar-refractivity contribution < 1.29 is 9.13 Å². The van der Waals surface area contributed by atoms with Gasteiger partial charge in [-0.15, -0.1) is 0 Å². The van der Waals surface area contributed by atoms with Gasteiger partial charge in [0.05, 0.1) is 0 Å². The first kappa shape index (κ1) is 14.8. The molecule has 0 bridgehead atoms. The largest absolute Gasteiger partial charge is 0.381 e. The molecule has 0 aromatic heterocycles. The lowest BCUT2D eigenvalue weighted by molar-refractivity contribution is 0.0148. The molecular weight excluding hydrogens is 265 g/mol. The van der Waals surface area contributed by atoms with Gasteiger partial charge in [-0.25, -0.2) is 4.39 Å². The first-order valence-corrected chi connectivity index (χ1v) is 7.25. The third-order valence-electron chi connectivity index (χ3n) is 3.88. The zero-order chi connectivity index (χ0) is 13.7. The van der Waals surface area contributed by atoms with Gasteiger partial charge in [0.15, 0.2) is 0 Å². The molecule has 0 aliphatic carbocycles. The number of hydrogen-bond donors (Lipinski definition) is 1. The Hall–Kier alpha value is -0.640. The normalized spacial score (nSPS) is 18.5. The number of nitrogens with one attached hydrogen (secondary N) is 1. The van der Waals surface area contributed by atoms with Gasteiger partial charge in [0.25, 0.3) is 0 Å². The lowest BCUT2D eigenvalue weighted by Crippen LogP contribution is -2.41. The molecule has 106 valence electrons. The number of ether oxygens (including phenoxy) is 1. The highest BCUT2D eigenvalue weighted by atomic mass is 35.5. The second kappa shape index (κ2) is 6.69. The Kier molecular flexibility index (Phi) is 5.20. The predicted octanol–water partition coefficient (Wildman–Crippen LogP) is 3.43. The Labute approximate surface area is 119 Å². The number of hydrogen-bond acceptors (Lipinski definition) is 2. The average molecular weight is 286 g/mol. The van der Waals surface area contributed by atoms with E-state index in [-0.39, 0.29) is 11.2 Å². The zero-order valence-electron chi connectivity index (χ0n) is 11.3. The van der Waals surface area contributed by atoms with Crippen LogP contribution in [0.15, 0.2) is 18.2 Å². The van der Waals surface area contributed by atoms with Crippen LogP contribution in [0.2, 0.25) is 5.02 Å². The monoisotopic (exact) mass is 285 g/mol. The first-order valence-electron chi connectivity index (χ1n) is 6.88. The minimum absolute atomic E-state index is 0.100. The van der Waals surface area contributed by atoms with E-state index in [0.29, 0.717) is 5.02 Å². The van der Waals surface area contributed by atoms with Gasteiger partial charge in [-0.3, -0.25) is 0 Å². The van der Waals surface area contributed by atoms with Crippen molar-refractivity contribution in [2.24, 2.45) is 5.41 Å². The highest BCUT2D eigenvalue weighted by Crippen LogP contribution is 2.34. The van der Waals surface area contributed by atoms with Crippen molar-refractivity contribution in [1.29, 1.82) is 0 Å². The van der Waals surface area contributed by atoms with E-state index in [1.807, 2.05) is 0 Å². The molecule has 1 aliphatic rings. The molecule has 1 aromatic rings. The van der Waals surface area contributed by atoms with Crippen LogP contribution >= 0.6 is 11.6 Å². The summed E-state index contributed by atoms with van der Waals surface area (Å²) in [6.07, 6.45) is 2.69. The molecule has 0 radical (unpaired) electrons. The van der Waals surface area contributed by atoms with Gasteiger partial charge in [-0.05, 0) is 48.9 Å². The quantitative estimate of drug-likeness (QED) is 0.895. The maximum absolute atomic E-state index is 14.0. The molecule has 1 heterocycles. The van der Waals surface area contributed by atoms with Crippen LogP contribution in [0.25, 0.3) is 0 Å². The minimum atomic E-state index is -0.199. The van der Waals surface area contributed by atoms with Crippen LogP contribution in [0.1, 0.15) is 25.3 Å². The van der Waals surface area contributed by atoms with Gasteiger partial charge in [0, 0.05) is 24.8 Å². The zero-order valence-corrected chi connectivity index (χ0v) is 12.1. The molecule has 0 saturated carbocycles. The Morgan fingerprint density at radius 3 is 2.74 bits per heavy atom. The molecule has 1 N–H and O–H groups in total. The minimum Gasteiger partial charge on any atom is -0.381 e. The average Bonchev–Trinajstić information content (AvgIpc) is 2.41. The van der Waals surface area contributed by atoms with Crippen molar-refractivity contribution in [2.75, 3.05) is 26.3 Å².